The van der Waals surface area contributed by atoms with Crippen molar-refractivity contribution in [2.45, 2.75) is 18.9 Å². The van der Waals surface area contributed by atoms with Crippen LogP contribution in [0.1, 0.15) is 24.4 Å². The van der Waals surface area contributed by atoms with Gasteiger partial charge >= 0.3 is 0 Å². The van der Waals surface area contributed by atoms with E-state index in [4.69, 9.17) is 0 Å². The number of pyridine rings is 1. The minimum absolute atomic E-state index is 0. The Morgan fingerprint density at radius 2 is 2.38 bits per heavy atom. The molecular formula is C9H12BrClN2. The number of rotatable bonds is 1. The van der Waals surface area contributed by atoms with Crippen molar-refractivity contribution in [3.8, 4) is 0 Å². The van der Waals surface area contributed by atoms with Crippen LogP contribution in [0.25, 0.3) is 0 Å². The van der Waals surface area contributed by atoms with Gasteiger partial charge < -0.3 is 5.32 Å². The van der Waals surface area contributed by atoms with E-state index in [-0.39, 0.29) is 12.4 Å². The second-order valence-electron chi connectivity index (χ2n) is 3.06. The first-order valence-corrected chi connectivity index (χ1v) is 5.00. The smallest absolute Gasteiger partial charge is 0.106 e. The van der Waals surface area contributed by atoms with E-state index in [0.717, 1.165) is 11.1 Å². The van der Waals surface area contributed by atoms with Gasteiger partial charge in [-0.25, -0.2) is 4.98 Å². The van der Waals surface area contributed by atoms with Gasteiger partial charge in [-0.3, -0.25) is 0 Å². The van der Waals surface area contributed by atoms with Gasteiger partial charge in [-0.15, -0.1) is 12.4 Å². The quantitative estimate of drug-likeness (QED) is 0.788. The molecule has 2 rings (SSSR count). The zero-order chi connectivity index (χ0) is 8.39. The van der Waals surface area contributed by atoms with Gasteiger partial charge in [0.2, 0.25) is 0 Å². The molecule has 0 amide bonds. The van der Waals surface area contributed by atoms with E-state index in [1.165, 1.54) is 18.4 Å². The van der Waals surface area contributed by atoms with Gasteiger partial charge in [0.05, 0.1) is 0 Å². The molecule has 1 N–H and O–H groups in total. The van der Waals surface area contributed by atoms with Crippen LogP contribution in [0.2, 0.25) is 0 Å². The summed E-state index contributed by atoms with van der Waals surface area (Å²) in [7, 11) is 0. The maximum absolute atomic E-state index is 4.10. The molecule has 4 heteroatoms. The fourth-order valence-electron chi connectivity index (χ4n) is 1.60. The monoisotopic (exact) mass is 262 g/mol. The van der Waals surface area contributed by atoms with Crippen LogP contribution in [0, 0.1) is 0 Å². The molecule has 0 saturated carbocycles. The summed E-state index contributed by atoms with van der Waals surface area (Å²) in [5.41, 5.74) is 1.34. The fourth-order valence-corrected chi connectivity index (χ4v) is 1.99. The van der Waals surface area contributed by atoms with Crippen molar-refractivity contribution in [3.63, 3.8) is 0 Å². The molecule has 1 aromatic heterocycles. The Labute approximate surface area is 92.7 Å². The topological polar surface area (TPSA) is 24.9 Å². The first-order chi connectivity index (χ1) is 5.86. The van der Waals surface area contributed by atoms with Crippen LogP contribution in [0.15, 0.2) is 22.9 Å². The van der Waals surface area contributed by atoms with Crippen LogP contribution >= 0.6 is 28.3 Å². The Hall–Kier alpha value is -0.120. The highest BCUT2D eigenvalue weighted by Gasteiger charge is 2.15. The lowest BCUT2D eigenvalue weighted by Crippen LogP contribution is -2.12. The molecule has 1 aliphatic rings. The highest BCUT2D eigenvalue weighted by Crippen LogP contribution is 2.23. The molecule has 2 nitrogen and oxygen atoms in total. The molecule has 1 aromatic rings. The van der Waals surface area contributed by atoms with E-state index in [1.807, 2.05) is 6.20 Å². The number of nitrogens with one attached hydrogen (secondary N) is 1. The summed E-state index contributed by atoms with van der Waals surface area (Å²) in [5, 5.41) is 3.45. The molecule has 0 unspecified atom stereocenters. The average molecular weight is 264 g/mol. The second kappa shape index (κ2) is 4.94. The van der Waals surface area contributed by atoms with Gasteiger partial charge in [0.15, 0.2) is 0 Å². The molecule has 0 aromatic carbocycles. The molecule has 0 aliphatic carbocycles. The molecule has 0 bridgehead atoms. The molecule has 13 heavy (non-hydrogen) atoms. The predicted molar refractivity (Wildman–Crippen MR) is 59.2 cm³/mol. The van der Waals surface area contributed by atoms with Crippen LogP contribution in [0.3, 0.4) is 0 Å². The van der Waals surface area contributed by atoms with Crippen molar-refractivity contribution in [3.05, 3.63) is 28.5 Å². The maximum atomic E-state index is 4.10. The highest BCUT2D eigenvalue weighted by atomic mass is 79.9. The minimum Gasteiger partial charge on any atom is -0.310 e. The van der Waals surface area contributed by atoms with Crippen molar-refractivity contribution in [1.29, 1.82) is 0 Å². The number of halogens is 2. The molecule has 2 heterocycles. The third kappa shape index (κ3) is 2.66. The Bertz CT molecular complexity index is 274. The van der Waals surface area contributed by atoms with Gasteiger partial charge in [-0.05, 0) is 53.0 Å². The molecule has 0 spiro atoms. The number of hydrogen-bond donors (Lipinski definition) is 1. The van der Waals surface area contributed by atoms with Crippen molar-refractivity contribution in [1.82, 2.24) is 10.3 Å². The third-order valence-corrected chi connectivity index (χ3v) is 2.65. The van der Waals surface area contributed by atoms with Crippen molar-refractivity contribution < 1.29 is 0 Å². The Morgan fingerprint density at radius 3 is 3.00 bits per heavy atom. The van der Waals surface area contributed by atoms with E-state index in [2.05, 4.69) is 38.4 Å². The molecule has 1 atom stereocenters. The third-order valence-electron chi connectivity index (χ3n) is 2.21. The minimum atomic E-state index is 0. The van der Waals surface area contributed by atoms with Gasteiger partial charge in [0.1, 0.15) is 4.60 Å². The van der Waals surface area contributed by atoms with Crippen LogP contribution in [-0.4, -0.2) is 11.5 Å². The molecule has 1 saturated heterocycles. The lowest BCUT2D eigenvalue weighted by atomic mass is 10.1. The van der Waals surface area contributed by atoms with E-state index >= 15 is 0 Å². The summed E-state index contributed by atoms with van der Waals surface area (Å²) in [6.07, 6.45) is 4.38. The van der Waals surface area contributed by atoms with E-state index in [9.17, 15) is 0 Å². The molecule has 72 valence electrons. The SMILES string of the molecule is Brc1cc([C@H]2CCCN2)ccn1.Cl. The number of nitrogens with zero attached hydrogens (tertiary/aromatic N) is 1. The largest absolute Gasteiger partial charge is 0.310 e. The Balaban J connectivity index is 0.000000845. The van der Waals surface area contributed by atoms with Crippen LogP contribution in [-0.2, 0) is 0 Å². The van der Waals surface area contributed by atoms with E-state index in [1.54, 1.807) is 0 Å². The first-order valence-electron chi connectivity index (χ1n) is 4.21. The van der Waals surface area contributed by atoms with Crippen molar-refractivity contribution >= 4 is 28.3 Å². The summed E-state index contributed by atoms with van der Waals surface area (Å²) in [6.45, 7) is 1.14. The zero-order valence-electron chi connectivity index (χ0n) is 7.16. The summed E-state index contributed by atoms with van der Waals surface area (Å²) in [6, 6.07) is 4.71. The summed E-state index contributed by atoms with van der Waals surface area (Å²) < 4.78 is 0.925. The maximum Gasteiger partial charge on any atom is 0.106 e. The Kier molecular flexibility index (Phi) is 4.16. The molecule has 1 aliphatic heterocycles. The normalized spacial score (nSPS) is 21.2. The lowest BCUT2D eigenvalue weighted by Gasteiger charge is -2.09. The van der Waals surface area contributed by atoms with E-state index < -0.39 is 0 Å². The predicted octanol–water partition coefficient (Wildman–Crippen LogP) is 2.69. The highest BCUT2D eigenvalue weighted by molar-refractivity contribution is 9.10. The van der Waals surface area contributed by atoms with Gasteiger partial charge in [0.25, 0.3) is 0 Å². The zero-order valence-corrected chi connectivity index (χ0v) is 9.57. The number of aromatic nitrogens is 1. The summed E-state index contributed by atoms with van der Waals surface area (Å²) in [5.74, 6) is 0. The summed E-state index contributed by atoms with van der Waals surface area (Å²) in [4.78, 5) is 4.10. The molecule has 0 radical (unpaired) electrons. The molecule has 1 fully saturated rings. The standard InChI is InChI=1S/C9H11BrN2.ClH/c10-9-6-7(3-5-12-9)8-2-1-4-11-8;/h3,5-6,8,11H,1-2,4H2;1H/t8-;/m1./s1. The van der Waals surface area contributed by atoms with Crippen molar-refractivity contribution in [2.24, 2.45) is 0 Å². The summed E-state index contributed by atoms with van der Waals surface area (Å²) >= 11 is 3.37. The van der Waals surface area contributed by atoms with E-state index in [0.29, 0.717) is 6.04 Å². The van der Waals surface area contributed by atoms with Crippen LogP contribution in [0.5, 0.6) is 0 Å². The average Bonchev–Trinajstić information content (AvgIpc) is 2.56. The lowest BCUT2D eigenvalue weighted by molar-refractivity contribution is 0.646. The van der Waals surface area contributed by atoms with Gasteiger partial charge in [-0.1, -0.05) is 0 Å². The van der Waals surface area contributed by atoms with Crippen LogP contribution < -0.4 is 5.32 Å². The Morgan fingerprint density at radius 1 is 1.54 bits per heavy atom. The second-order valence-corrected chi connectivity index (χ2v) is 3.87. The van der Waals surface area contributed by atoms with Gasteiger partial charge in [-0.2, -0.15) is 0 Å². The fraction of sp³-hybridized carbons (Fsp3) is 0.444. The van der Waals surface area contributed by atoms with Crippen molar-refractivity contribution in [2.75, 3.05) is 6.54 Å². The van der Waals surface area contributed by atoms with Gasteiger partial charge in [0, 0.05) is 12.2 Å². The number of hydrogen-bond acceptors (Lipinski definition) is 2. The molecular weight excluding hydrogens is 251 g/mol. The van der Waals surface area contributed by atoms with Crippen LogP contribution in [0.4, 0.5) is 0 Å². The first kappa shape index (κ1) is 11.0.